The van der Waals surface area contributed by atoms with Gasteiger partial charge in [0.25, 0.3) is 6.43 Å². The van der Waals surface area contributed by atoms with Gasteiger partial charge in [0.1, 0.15) is 0 Å². The molecule has 0 spiro atoms. The van der Waals surface area contributed by atoms with E-state index in [2.05, 4.69) is 20.3 Å². The summed E-state index contributed by atoms with van der Waals surface area (Å²) in [5, 5.41) is 2.25. The van der Waals surface area contributed by atoms with E-state index in [0.29, 0.717) is 6.41 Å². The standard InChI is InChI=1S/C13H9F5N4O/c14-11(15)9-5-20-10(1-7(9)2-19-6-23)8-3-21-12(22-4-8)13(16,17)18/h1,3-6,11H,2H2,(H,19,23). The molecule has 0 aliphatic heterocycles. The topological polar surface area (TPSA) is 67.8 Å². The minimum absolute atomic E-state index is 0.0944. The van der Waals surface area contributed by atoms with Gasteiger partial charge in [-0.2, -0.15) is 13.2 Å². The van der Waals surface area contributed by atoms with Gasteiger partial charge in [-0.15, -0.1) is 0 Å². The molecule has 0 saturated heterocycles. The molecule has 0 atom stereocenters. The van der Waals surface area contributed by atoms with Crippen LogP contribution in [0.3, 0.4) is 0 Å². The van der Waals surface area contributed by atoms with Crippen molar-refractivity contribution in [3.63, 3.8) is 0 Å². The number of amides is 1. The minimum atomic E-state index is -4.68. The van der Waals surface area contributed by atoms with Crippen LogP contribution in [0.4, 0.5) is 22.0 Å². The molecule has 0 saturated carbocycles. The Hall–Kier alpha value is -2.65. The minimum Gasteiger partial charge on any atom is -0.355 e. The maximum atomic E-state index is 12.9. The predicted octanol–water partition coefficient (Wildman–Crippen LogP) is 2.74. The van der Waals surface area contributed by atoms with Gasteiger partial charge in [-0.25, -0.2) is 18.7 Å². The number of carbonyl (C=O) groups is 1. The number of hydrogen-bond donors (Lipinski definition) is 1. The van der Waals surface area contributed by atoms with Crippen molar-refractivity contribution in [2.24, 2.45) is 0 Å². The van der Waals surface area contributed by atoms with Crippen LogP contribution in [0.2, 0.25) is 0 Å². The SMILES string of the molecule is O=CNCc1cc(-c2cnc(C(F)(F)F)nc2)ncc1C(F)F. The quantitative estimate of drug-likeness (QED) is 0.675. The number of rotatable bonds is 5. The molecule has 0 unspecified atom stereocenters. The number of pyridine rings is 1. The lowest BCUT2D eigenvalue weighted by Gasteiger charge is -2.10. The summed E-state index contributed by atoms with van der Waals surface area (Å²) in [4.78, 5) is 20.4. The number of hydrogen-bond acceptors (Lipinski definition) is 4. The van der Waals surface area contributed by atoms with Gasteiger partial charge in [0.15, 0.2) is 0 Å². The molecular weight excluding hydrogens is 323 g/mol. The molecule has 0 fully saturated rings. The van der Waals surface area contributed by atoms with Gasteiger partial charge in [-0.05, 0) is 11.6 Å². The maximum Gasteiger partial charge on any atom is 0.451 e. The third-order valence-corrected chi connectivity index (χ3v) is 2.84. The van der Waals surface area contributed by atoms with Crippen LogP contribution in [0.25, 0.3) is 11.3 Å². The van der Waals surface area contributed by atoms with E-state index in [4.69, 9.17) is 0 Å². The molecule has 10 heteroatoms. The molecule has 23 heavy (non-hydrogen) atoms. The van der Waals surface area contributed by atoms with Gasteiger partial charge in [-0.1, -0.05) is 0 Å². The van der Waals surface area contributed by atoms with Crippen molar-refractivity contribution in [1.29, 1.82) is 0 Å². The first-order valence-electron chi connectivity index (χ1n) is 6.16. The van der Waals surface area contributed by atoms with Gasteiger partial charge >= 0.3 is 6.18 Å². The van der Waals surface area contributed by atoms with Crippen LogP contribution < -0.4 is 5.32 Å². The summed E-state index contributed by atoms with van der Waals surface area (Å²) in [6, 6.07) is 1.24. The van der Waals surface area contributed by atoms with Gasteiger partial charge in [0.05, 0.1) is 5.69 Å². The smallest absolute Gasteiger partial charge is 0.355 e. The third-order valence-electron chi connectivity index (χ3n) is 2.84. The summed E-state index contributed by atoms with van der Waals surface area (Å²) in [6.07, 6.45) is -4.43. The Bertz CT molecular complexity index is 688. The summed E-state index contributed by atoms with van der Waals surface area (Å²) >= 11 is 0. The second-order valence-corrected chi connectivity index (χ2v) is 4.36. The molecule has 1 N–H and O–H groups in total. The second kappa shape index (κ2) is 6.63. The Morgan fingerprint density at radius 1 is 1.13 bits per heavy atom. The Balaban J connectivity index is 2.37. The van der Waals surface area contributed by atoms with Gasteiger partial charge in [0.2, 0.25) is 12.2 Å². The Labute approximate surface area is 126 Å². The van der Waals surface area contributed by atoms with E-state index in [1.807, 2.05) is 0 Å². The van der Waals surface area contributed by atoms with Crippen LogP contribution in [-0.4, -0.2) is 21.4 Å². The second-order valence-electron chi connectivity index (χ2n) is 4.36. The average molecular weight is 332 g/mol. The fourth-order valence-corrected chi connectivity index (χ4v) is 1.77. The van der Waals surface area contributed by atoms with Crippen molar-refractivity contribution < 1.29 is 26.7 Å². The molecule has 2 aromatic rings. The summed E-state index contributed by atoms with van der Waals surface area (Å²) in [5.74, 6) is -1.31. The predicted molar refractivity (Wildman–Crippen MR) is 68.1 cm³/mol. The number of nitrogens with zero attached hydrogens (tertiary/aromatic N) is 3. The molecule has 0 radical (unpaired) electrons. The zero-order valence-corrected chi connectivity index (χ0v) is 11.3. The first-order chi connectivity index (χ1) is 10.8. The van der Waals surface area contributed by atoms with Crippen molar-refractivity contribution in [1.82, 2.24) is 20.3 Å². The Kier molecular flexibility index (Phi) is 4.82. The molecule has 1 amide bonds. The van der Waals surface area contributed by atoms with Crippen molar-refractivity contribution in [3.05, 3.63) is 41.6 Å². The molecule has 0 bridgehead atoms. The average Bonchev–Trinajstić information content (AvgIpc) is 2.51. The summed E-state index contributed by atoms with van der Waals surface area (Å²) in [5.41, 5.74) is -0.0371. The van der Waals surface area contributed by atoms with Crippen molar-refractivity contribution in [3.8, 4) is 11.3 Å². The van der Waals surface area contributed by atoms with Crippen molar-refractivity contribution in [2.75, 3.05) is 0 Å². The first kappa shape index (κ1) is 16.7. The normalized spacial score (nSPS) is 11.6. The highest BCUT2D eigenvalue weighted by Gasteiger charge is 2.34. The van der Waals surface area contributed by atoms with E-state index in [-0.39, 0.29) is 28.9 Å². The highest BCUT2D eigenvalue weighted by atomic mass is 19.4. The van der Waals surface area contributed by atoms with Crippen LogP contribution in [0, 0.1) is 0 Å². The molecule has 2 aromatic heterocycles. The van der Waals surface area contributed by atoms with E-state index in [1.165, 1.54) is 6.07 Å². The van der Waals surface area contributed by atoms with Crippen LogP contribution in [0.5, 0.6) is 0 Å². The fraction of sp³-hybridized carbons (Fsp3) is 0.231. The fourth-order valence-electron chi connectivity index (χ4n) is 1.77. The van der Waals surface area contributed by atoms with Gasteiger partial charge in [0, 0.05) is 36.3 Å². The van der Waals surface area contributed by atoms with Gasteiger partial charge in [-0.3, -0.25) is 9.78 Å². The van der Waals surface area contributed by atoms with E-state index < -0.39 is 18.4 Å². The zero-order chi connectivity index (χ0) is 17.0. The van der Waals surface area contributed by atoms with E-state index in [0.717, 1.165) is 18.6 Å². The lowest BCUT2D eigenvalue weighted by Crippen LogP contribution is -2.13. The van der Waals surface area contributed by atoms with Crippen LogP contribution in [-0.2, 0) is 17.5 Å². The molecule has 122 valence electrons. The molecule has 0 aliphatic carbocycles. The number of aromatic nitrogens is 3. The monoisotopic (exact) mass is 332 g/mol. The molecule has 5 nitrogen and oxygen atoms in total. The molecule has 2 heterocycles. The van der Waals surface area contributed by atoms with Gasteiger partial charge < -0.3 is 5.32 Å². The largest absolute Gasteiger partial charge is 0.451 e. The summed E-state index contributed by atoms with van der Waals surface area (Å²) in [6.45, 7) is -0.166. The number of halogens is 5. The Morgan fingerprint density at radius 3 is 2.30 bits per heavy atom. The van der Waals surface area contributed by atoms with Crippen LogP contribution in [0.1, 0.15) is 23.4 Å². The van der Waals surface area contributed by atoms with Crippen molar-refractivity contribution in [2.45, 2.75) is 19.1 Å². The Morgan fingerprint density at radius 2 is 1.78 bits per heavy atom. The number of nitrogens with one attached hydrogen (secondary N) is 1. The highest BCUT2D eigenvalue weighted by molar-refractivity contribution is 5.58. The first-order valence-corrected chi connectivity index (χ1v) is 6.16. The van der Waals surface area contributed by atoms with Crippen LogP contribution >= 0.6 is 0 Å². The molecule has 0 aliphatic rings. The molecular formula is C13H9F5N4O. The summed E-state index contributed by atoms with van der Waals surface area (Å²) in [7, 11) is 0. The van der Waals surface area contributed by atoms with Crippen molar-refractivity contribution >= 4 is 6.41 Å². The van der Waals surface area contributed by atoms with E-state index in [9.17, 15) is 26.7 Å². The molecule has 0 aromatic carbocycles. The number of alkyl halides is 5. The van der Waals surface area contributed by atoms with E-state index >= 15 is 0 Å². The zero-order valence-electron chi connectivity index (χ0n) is 11.3. The van der Waals surface area contributed by atoms with E-state index in [1.54, 1.807) is 0 Å². The third kappa shape index (κ3) is 3.96. The van der Waals surface area contributed by atoms with Crippen LogP contribution in [0.15, 0.2) is 24.7 Å². The summed E-state index contributed by atoms with van der Waals surface area (Å²) < 4.78 is 62.9. The highest BCUT2D eigenvalue weighted by Crippen LogP contribution is 2.28. The number of carbonyl (C=O) groups excluding carboxylic acids is 1. The maximum absolute atomic E-state index is 12.9. The lowest BCUT2D eigenvalue weighted by molar-refractivity contribution is -0.145. The lowest BCUT2D eigenvalue weighted by atomic mass is 10.1. The molecule has 2 rings (SSSR count).